The highest BCUT2D eigenvalue weighted by molar-refractivity contribution is 6.09. The maximum atomic E-state index is 12.6. The lowest BCUT2D eigenvalue weighted by Crippen LogP contribution is -2.38. The van der Waals surface area contributed by atoms with Crippen LogP contribution in [0.25, 0.3) is 6.08 Å². The fraction of sp³-hybridized carbons (Fsp3) is 0.407. The van der Waals surface area contributed by atoms with Gasteiger partial charge in [-0.1, -0.05) is 31.5 Å². The Morgan fingerprint density at radius 1 is 1.18 bits per heavy atom. The van der Waals surface area contributed by atoms with Gasteiger partial charge >= 0.3 is 0 Å². The lowest BCUT2D eigenvalue weighted by Gasteiger charge is -2.26. The first-order chi connectivity index (χ1) is 16.6. The summed E-state index contributed by atoms with van der Waals surface area (Å²) in [6.07, 6.45) is 4.84. The van der Waals surface area contributed by atoms with Crippen molar-refractivity contribution in [3.8, 4) is 17.6 Å². The van der Waals surface area contributed by atoms with Crippen molar-refractivity contribution < 1.29 is 19.0 Å². The molecule has 0 atom stereocenters. The molecule has 0 spiro atoms. The highest BCUT2D eigenvalue weighted by Crippen LogP contribution is 2.29. The highest BCUT2D eigenvalue weighted by Gasteiger charge is 2.13. The first-order valence-corrected chi connectivity index (χ1v) is 11.8. The summed E-state index contributed by atoms with van der Waals surface area (Å²) in [5, 5.41) is 12.3. The molecule has 0 aromatic heterocycles. The number of carbonyl (C=O) groups excluding carboxylic acids is 1. The van der Waals surface area contributed by atoms with Crippen LogP contribution in [0.15, 0.2) is 48.0 Å². The van der Waals surface area contributed by atoms with Gasteiger partial charge < -0.3 is 19.5 Å². The molecule has 1 aliphatic heterocycles. The Labute approximate surface area is 201 Å². The summed E-state index contributed by atoms with van der Waals surface area (Å²) < 4.78 is 16.7. The maximum Gasteiger partial charge on any atom is 0.266 e. The summed E-state index contributed by atoms with van der Waals surface area (Å²) in [6.45, 7) is 6.83. The van der Waals surface area contributed by atoms with Crippen LogP contribution in [-0.4, -0.2) is 57.4 Å². The predicted octanol–water partition coefficient (Wildman–Crippen LogP) is 4.29. The van der Waals surface area contributed by atoms with Gasteiger partial charge in [-0.3, -0.25) is 9.69 Å². The molecule has 7 nitrogen and oxygen atoms in total. The Bertz CT molecular complexity index is 1010. The minimum atomic E-state index is -0.450. The summed E-state index contributed by atoms with van der Waals surface area (Å²) in [6, 6.07) is 15.1. The fourth-order valence-corrected chi connectivity index (χ4v) is 3.65. The number of anilines is 1. The van der Waals surface area contributed by atoms with Crippen molar-refractivity contribution in [1.29, 1.82) is 5.26 Å². The second-order valence-electron chi connectivity index (χ2n) is 8.14. The average molecular weight is 464 g/mol. The van der Waals surface area contributed by atoms with Gasteiger partial charge in [0.25, 0.3) is 5.91 Å². The van der Waals surface area contributed by atoms with E-state index >= 15 is 0 Å². The van der Waals surface area contributed by atoms with Crippen molar-refractivity contribution >= 4 is 17.7 Å². The van der Waals surface area contributed by atoms with E-state index in [1.54, 1.807) is 31.4 Å². The van der Waals surface area contributed by atoms with Gasteiger partial charge in [0.15, 0.2) is 11.5 Å². The molecule has 0 saturated carbocycles. The molecule has 180 valence electrons. The Morgan fingerprint density at radius 2 is 1.94 bits per heavy atom. The van der Waals surface area contributed by atoms with E-state index < -0.39 is 5.91 Å². The van der Waals surface area contributed by atoms with Gasteiger partial charge in [0, 0.05) is 25.3 Å². The topological polar surface area (TPSA) is 83.8 Å². The molecule has 0 bridgehead atoms. The molecule has 1 saturated heterocycles. The molecular weight excluding hydrogens is 430 g/mol. The lowest BCUT2D eigenvalue weighted by atomic mass is 10.1. The first kappa shape index (κ1) is 25.3. The van der Waals surface area contributed by atoms with Crippen LogP contribution in [-0.2, 0) is 16.0 Å². The monoisotopic (exact) mass is 463 g/mol. The Morgan fingerprint density at radius 3 is 2.62 bits per heavy atom. The second-order valence-corrected chi connectivity index (χ2v) is 8.14. The minimum absolute atomic E-state index is 0.0121. The zero-order valence-electron chi connectivity index (χ0n) is 20.0. The van der Waals surface area contributed by atoms with Crippen LogP contribution in [0.2, 0.25) is 0 Å². The van der Waals surface area contributed by atoms with E-state index in [-0.39, 0.29) is 5.57 Å². The maximum absolute atomic E-state index is 12.6. The number of amides is 1. The van der Waals surface area contributed by atoms with Crippen LogP contribution in [0.5, 0.6) is 11.5 Å². The zero-order chi connectivity index (χ0) is 24.2. The Kier molecular flexibility index (Phi) is 9.96. The molecule has 3 rings (SSSR count). The number of hydrogen-bond donors (Lipinski definition) is 1. The van der Waals surface area contributed by atoms with Crippen LogP contribution >= 0.6 is 0 Å². The van der Waals surface area contributed by atoms with Gasteiger partial charge in [-0.15, -0.1) is 0 Å². The lowest BCUT2D eigenvalue weighted by molar-refractivity contribution is -0.112. The normalized spacial score (nSPS) is 14.3. The van der Waals surface area contributed by atoms with E-state index in [0.717, 1.165) is 52.1 Å². The van der Waals surface area contributed by atoms with E-state index in [0.29, 0.717) is 29.4 Å². The second kappa shape index (κ2) is 13.4. The van der Waals surface area contributed by atoms with Crippen LogP contribution in [0, 0.1) is 11.3 Å². The third-order valence-corrected chi connectivity index (χ3v) is 5.66. The molecule has 1 amide bonds. The summed E-state index contributed by atoms with van der Waals surface area (Å²) in [7, 11) is 1.57. The summed E-state index contributed by atoms with van der Waals surface area (Å²) in [5.74, 6) is 0.726. The van der Waals surface area contributed by atoms with Gasteiger partial charge in [-0.05, 0) is 54.3 Å². The van der Waals surface area contributed by atoms with Crippen LogP contribution < -0.4 is 14.8 Å². The van der Waals surface area contributed by atoms with E-state index in [1.165, 1.54) is 5.56 Å². The largest absolute Gasteiger partial charge is 0.493 e. The van der Waals surface area contributed by atoms with Crippen molar-refractivity contribution in [3.05, 3.63) is 59.2 Å². The average Bonchev–Trinajstić information content (AvgIpc) is 2.88. The van der Waals surface area contributed by atoms with Crippen molar-refractivity contribution in [2.75, 3.05) is 51.9 Å². The summed E-state index contributed by atoms with van der Waals surface area (Å²) in [5.41, 5.74) is 2.58. The Hall–Kier alpha value is -3.34. The highest BCUT2D eigenvalue weighted by atomic mass is 16.5. The van der Waals surface area contributed by atoms with Gasteiger partial charge in [0.2, 0.25) is 0 Å². The van der Waals surface area contributed by atoms with Crippen LogP contribution in [0.1, 0.15) is 30.9 Å². The third-order valence-electron chi connectivity index (χ3n) is 5.66. The molecule has 34 heavy (non-hydrogen) atoms. The molecule has 2 aromatic carbocycles. The van der Waals surface area contributed by atoms with Crippen molar-refractivity contribution in [2.45, 2.75) is 26.2 Å². The van der Waals surface area contributed by atoms with Gasteiger partial charge in [-0.25, -0.2) is 0 Å². The molecular formula is C27H33N3O4. The predicted molar refractivity (Wildman–Crippen MR) is 133 cm³/mol. The molecule has 1 aliphatic rings. The fourth-order valence-electron chi connectivity index (χ4n) is 3.65. The number of nitrogens with zero attached hydrogens (tertiary/aromatic N) is 2. The van der Waals surface area contributed by atoms with Crippen LogP contribution in [0.4, 0.5) is 5.69 Å². The van der Waals surface area contributed by atoms with E-state index in [1.807, 2.05) is 30.3 Å². The van der Waals surface area contributed by atoms with Crippen molar-refractivity contribution in [2.24, 2.45) is 0 Å². The molecule has 1 heterocycles. The molecule has 1 fully saturated rings. The van der Waals surface area contributed by atoms with E-state index in [4.69, 9.17) is 14.2 Å². The molecule has 1 N–H and O–H groups in total. The summed E-state index contributed by atoms with van der Waals surface area (Å²) in [4.78, 5) is 14.9. The number of rotatable bonds is 11. The molecule has 0 radical (unpaired) electrons. The Balaban J connectivity index is 1.61. The first-order valence-electron chi connectivity index (χ1n) is 11.8. The molecule has 0 aliphatic carbocycles. The number of morpholine rings is 1. The number of nitrogens with one attached hydrogen (secondary N) is 1. The van der Waals surface area contributed by atoms with Gasteiger partial charge in [-0.2, -0.15) is 5.26 Å². The number of benzene rings is 2. The quantitative estimate of drug-likeness (QED) is 0.395. The van der Waals surface area contributed by atoms with Crippen molar-refractivity contribution in [3.63, 3.8) is 0 Å². The number of nitriles is 1. The molecule has 0 unspecified atom stereocenters. The van der Waals surface area contributed by atoms with Crippen molar-refractivity contribution in [1.82, 2.24) is 4.90 Å². The zero-order valence-corrected chi connectivity index (χ0v) is 20.0. The smallest absolute Gasteiger partial charge is 0.266 e. The number of ether oxygens (including phenoxy) is 3. The van der Waals surface area contributed by atoms with E-state index in [2.05, 4.69) is 17.1 Å². The standard InChI is InChI=1S/C27H33N3O4/c1-3-4-5-21-6-9-24(10-7-21)29-27(31)23(20-28)18-22-8-11-25(26(19-22)32-2)34-17-14-30-12-15-33-16-13-30/h6-11,18-19H,3-5,12-17H2,1-2H3,(H,29,31). The van der Waals surface area contributed by atoms with E-state index in [9.17, 15) is 10.1 Å². The summed E-state index contributed by atoms with van der Waals surface area (Å²) >= 11 is 0. The van der Waals surface area contributed by atoms with Gasteiger partial charge in [0.05, 0.1) is 20.3 Å². The number of hydrogen-bond acceptors (Lipinski definition) is 6. The van der Waals surface area contributed by atoms with Crippen LogP contribution in [0.3, 0.4) is 0 Å². The molecule has 2 aromatic rings. The number of aryl methyl sites for hydroxylation is 1. The number of unbranched alkanes of at least 4 members (excludes halogenated alkanes) is 1. The number of carbonyl (C=O) groups is 1. The minimum Gasteiger partial charge on any atom is -0.493 e. The SMILES string of the molecule is CCCCc1ccc(NC(=O)C(C#N)=Cc2ccc(OCCN3CCOCC3)c(OC)c2)cc1. The number of methoxy groups -OCH3 is 1. The molecule has 7 heteroatoms. The van der Waals surface area contributed by atoms with Gasteiger partial charge in [0.1, 0.15) is 18.2 Å². The third kappa shape index (κ3) is 7.62.